The molecule has 2 aromatic rings. The number of nitrogens with one attached hydrogen (secondary N) is 1. The molecule has 0 heterocycles. The average molecular weight is 428 g/mol. The molecule has 0 aromatic heterocycles. The smallest absolute Gasteiger partial charge is 0.123 e. The number of rotatable bonds is 8. The predicted octanol–water partition coefficient (Wildman–Crippen LogP) is 5.13. The van der Waals surface area contributed by atoms with Crippen LogP contribution in [0.2, 0.25) is 5.02 Å². The lowest BCUT2D eigenvalue weighted by molar-refractivity contribution is 0.103. The van der Waals surface area contributed by atoms with E-state index in [4.69, 9.17) is 16.3 Å². The topological polar surface area (TPSA) is 41.5 Å². The molecule has 1 saturated carbocycles. The van der Waals surface area contributed by atoms with Gasteiger partial charge in [-0.1, -0.05) is 43.0 Å². The van der Waals surface area contributed by atoms with Gasteiger partial charge in [-0.2, -0.15) is 0 Å². The van der Waals surface area contributed by atoms with E-state index in [1.165, 1.54) is 24.8 Å². The van der Waals surface area contributed by atoms with Crippen LogP contribution in [0.5, 0.6) is 5.75 Å². The minimum absolute atomic E-state index is 0. The molecule has 1 atom stereocenters. The van der Waals surface area contributed by atoms with Gasteiger partial charge in [0.15, 0.2) is 0 Å². The first-order chi connectivity index (χ1) is 13.1. The number of hydrogen-bond donors (Lipinski definition) is 2. The Labute approximate surface area is 177 Å². The van der Waals surface area contributed by atoms with Gasteiger partial charge in [0.05, 0.1) is 0 Å². The van der Waals surface area contributed by atoms with Crippen LogP contribution >= 0.6 is 24.0 Å². The molecule has 1 unspecified atom stereocenters. The Kier molecular flexibility index (Phi) is 9.03. The van der Waals surface area contributed by atoms with E-state index >= 15 is 0 Å². The molecule has 6 heteroatoms. The molecule has 3 rings (SSSR count). The third-order valence-electron chi connectivity index (χ3n) is 5.37. The van der Waals surface area contributed by atoms with Crippen molar-refractivity contribution < 1.29 is 14.2 Å². The van der Waals surface area contributed by atoms with Crippen molar-refractivity contribution in [3.8, 4) is 5.75 Å². The lowest BCUT2D eigenvalue weighted by Gasteiger charge is -2.38. The first-order valence-corrected chi connectivity index (χ1v) is 9.98. The van der Waals surface area contributed by atoms with E-state index < -0.39 is 6.10 Å². The third kappa shape index (κ3) is 6.35. The zero-order chi connectivity index (χ0) is 19.1. The van der Waals surface area contributed by atoms with Crippen LogP contribution in [0.3, 0.4) is 0 Å². The van der Waals surface area contributed by atoms with Crippen molar-refractivity contribution in [1.29, 1.82) is 0 Å². The minimum Gasteiger partial charge on any atom is -0.491 e. The van der Waals surface area contributed by atoms with Crippen LogP contribution in [0.4, 0.5) is 4.39 Å². The van der Waals surface area contributed by atoms with E-state index in [0.717, 1.165) is 19.4 Å². The molecule has 0 spiro atoms. The Balaban J connectivity index is 0.00000280. The molecule has 2 aromatic carbocycles. The molecular formula is C22H28Cl2FNO2. The molecular weight excluding hydrogens is 400 g/mol. The van der Waals surface area contributed by atoms with Gasteiger partial charge in [0.2, 0.25) is 0 Å². The second-order valence-corrected chi connectivity index (χ2v) is 7.83. The molecule has 0 amide bonds. The summed E-state index contributed by atoms with van der Waals surface area (Å²) in [4.78, 5) is 0. The Morgan fingerprint density at radius 3 is 2.32 bits per heavy atom. The fraction of sp³-hybridized carbons (Fsp3) is 0.455. The maximum Gasteiger partial charge on any atom is 0.123 e. The highest BCUT2D eigenvalue weighted by Crippen LogP contribution is 2.39. The second-order valence-electron chi connectivity index (χ2n) is 7.40. The summed E-state index contributed by atoms with van der Waals surface area (Å²) in [7, 11) is 0. The van der Waals surface area contributed by atoms with Crippen LogP contribution < -0.4 is 10.1 Å². The molecule has 0 bridgehead atoms. The van der Waals surface area contributed by atoms with E-state index in [-0.39, 0.29) is 30.2 Å². The molecule has 1 aliphatic carbocycles. The largest absolute Gasteiger partial charge is 0.491 e. The lowest BCUT2D eigenvalue weighted by atomic mass is 9.69. The first-order valence-electron chi connectivity index (χ1n) is 9.61. The molecule has 0 saturated heterocycles. The van der Waals surface area contributed by atoms with Gasteiger partial charge in [-0.3, -0.25) is 0 Å². The van der Waals surface area contributed by atoms with E-state index in [1.807, 2.05) is 12.1 Å². The lowest BCUT2D eigenvalue weighted by Crippen LogP contribution is -2.43. The van der Waals surface area contributed by atoms with E-state index in [9.17, 15) is 9.50 Å². The van der Waals surface area contributed by atoms with Gasteiger partial charge in [-0.15, -0.1) is 12.4 Å². The van der Waals surface area contributed by atoms with Crippen molar-refractivity contribution in [3.63, 3.8) is 0 Å². The normalized spacial score (nSPS) is 16.8. The van der Waals surface area contributed by atoms with Crippen molar-refractivity contribution >= 4 is 24.0 Å². The number of ether oxygens (including phenoxy) is 1. The van der Waals surface area contributed by atoms with Gasteiger partial charge in [-0.05, 0) is 54.8 Å². The number of hydrogen-bond acceptors (Lipinski definition) is 3. The van der Waals surface area contributed by atoms with Crippen molar-refractivity contribution in [3.05, 3.63) is 64.9 Å². The van der Waals surface area contributed by atoms with Gasteiger partial charge in [-0.25, -0.2) is 4.39 Å². The Morgan fingerprint density at radius 1 is 1.04 bits per heavy atom. The fourth-order valence-electron chi connectivity index (χ4n) is 3.86. The number of aliphatic hydroxyl groups excluding tert-OH is 1. The van der Waals surface area contributed by atoms with Gasteiger partial charge in [0.25, 0.3) is 0 Å². The summed E-state index contributed by atoms with van der Waals surface area (Å²) in [6.45, 7) is 1.45. The average Bonchev–Trinajstić information content (AvgIpc) is 2.69. The van der Waals surface area contributed by atoms with Crippen LogP contribution in [0.1, 0.15) is 37.7 Å². The van der Waals surface area contributed by atoms with Gasteiger partial charge in [0.1, 0.15) is 24.3 Å². The maximum absolute atomic E-state index is 13.3. The fourth-order valence-corrected chi connectivity index (χ4v) is 3.99. The summed E-state index contributed by atoms with van der Waals surface area (Å²) < 4.78 is 18.9. The highest BCUT2D eigenvalue weighted by Gasteiger charge is 2.33. The summed E-state index contributed by atoms with van der Waals surface area (Å²) >= 11 is 5.85. The molecule has 3 nitrogen and oxygen atoms in total. The number of halogens is 3. The molecule has 0 radical (unpaired) electrons. The van der Waals surface area contributed by atoms with Crippen molar-refractivity contribution in [2.75, 3.05) is 19.7 Å². The number of aliphatic hydroxyl groups is 1. The summed E-state index contributed by atoms with van der Waals surface area (Å²) in [6, 6.07) is 14.0. The van der Waals surface area contributed by atoms with Crippen LogP contribution in [0, 0.1) is 5.82 Å². The SMILES string of the molecule is Cl.OC(CNCC1(c2ccc(F)cc2)CCCCC1)COc1ccc(Cl)cc1. The molecule has 2 N–H and O–H groups in total. The molecule has 28 heavy (non-hydrogen) atoms. The minimum atomic E-state index is -0.602. The quantitative estimate of drug-likeness (QED) is 0.613. The molecule has 1 fully saturated rings. The van der Waals surface area contributed by atoms with Crippen LogP contribution in [0.25, 0.3) is 0 Å². The van der Waals surface area contributed by atoms with E-state index in [1.54, 1.807) is 36.4 Å². The standard InChI is InChI=1S/C22H27ClFNO2.ClH/c23-18-6-10-21(11-7-18)27-15-20(26)14-25-16-22(12-2-1-3-13-22)17-4-8-19(24)9-5-17;/h4-11,20,25-26H,1-3,12-16H2;1H. The van der Waals surface area contributed by atoms with E-state index in [0.29, 0.717) is 17.3 Å². The van der Waals surface area contributed by atoms with Crippen molar-refractivity contribution in [2.24, 2.45) is 0 Å². The molecule has 1 aliphatic rings. The van der Waals surface area contributed by atoms with Gasteiger partial charge < -0.3 is 15.2 Å². The number of benzene rings is 2. The monoisotopic (exact) mass is 427 g/mol. The van der Waals surface area contributed by atoms with Gasteiger partial charge >= 0.3 is 0 Å². The van der Waals surface area contributed by atoms with Crippen LogP contribution in [-0.2, 0) is 5.41 Å². The van der Waals surface area contributed by atoms with Gasteiger partial charge in [0, 0.05) is 23.5 Å². The predicted molar refractivity (Wildman–Crippen MR) is 114 cm³/mol. The van der Waals surface area contributed by atoms with Crippen LogP contribution in [-0.4, -0.2) is 30.9 Å². The zero-order valence-corrected chi connectivity index (χ0v) is 17.4. The molecule has 0 aliphatic heterocycles. The maximum atomic E-state index is 13.3. The second kappa shape index (κ2) is 11.0. The Morgan fingerprint density at radius 2 is 1.68 bits per heavy atom. The zero-order valence-electron chi connectivity index (χ0n) is 15.9. The highest BCUT2D eigenvalue weighted by molar-refractivity contribution is 6.30. The summed E-state index contributed by atoms with van der Waals surface area (Å²) in [6.07, 6.45) is 5.18. The van der Waals surface area contributed by atoms with E-state index in [2.05, 4.69) is 5.32 Å². The summed E-state index contributed by atoms with van der Waals surface area (Å²) in [5, 5.41) is 14.3. The third-order valence-corrected chi connectivity index (χ3v) is 5.62. The first kappa shape index (κ1) is 23.0. The Bertz CT molecular complexity index is 703. The summed E-state index contributed by atoms with van der Waals surface area (Å²) in [5.74, 6) is 0.487. The van der Waals surface area contributed by atoms with Crippen molar-refractivity contribution in [2.45, 2.75) is 43.6 Å². The summed E-state index contributed by atoms with van der Waals surface area (Å²) in [5.41, 5.74) is 1.20. The molecule has 154 valence electrons. The Hall–Kier alpha value is -1.33. The highest BCUT2D eigenvalue weighted by atomic mass is 35.5. The van der Waals surface area contributed by atoms with Crippen LogP contribution in [0.15, 0.2) is 48.5 Å². The van der Waals surface area contributed by atoms with Crippen molar-refractivity contribution in [1.82, 2.24) is 5.32 Å².